The van der Waals surface area contributed by atoms with Gasteiger partial charge in [-0.1, -0.05) is 0 Å². The van der Waals surface area contributed by atoms with Crippen LogP contribution in [0.5, 0.6) is 0 Å². The van der Waals surface area contributed by atoms with Crippen LogP contribution in [-0.4, -0.2) is 35.2 Å². The lowest BCUT2D eigenvalue weighted by molar-refractivity contribution is -0.158. The molecule has 0 aromatic heterocycles. The topological polar surface area (TPSA) is 75.6 Å². The standard InChI is InChI=1S/C13H21NO4/c1-13(2,3)18-12(17)10-9-5-7(11(15)16)4-8(9)6-14-10/h7-10,14H,4-6H2,1-3H3,(H,15,16)/t7?,8?,9?,10-/m0/s1. The van der Waals surface area contributed by atoms with E-state index in [1.807, 2.05) is 20.8 Å². The normalized spacial score (nSPS) is 35.3. The van der Waals surface area contributed by atoms with Gasteiger partial charge in [0.05, 0.1) is 5.92 Å². The van der Waals surface area contributed by atoms with E-state index in [0.29, 0.717) is 18.8 Å². The van der Waals surface area contributed by atoms with Gasteiger partial charge in [-0.25, -0.2) is 0 Å². The van der Waals surface area contributed by atoms with Gasteiger partial charge in [0, 0.05) is 0 Å². The molecular weight excluding hydrogens is 234 g/mol. The molecule has 0 spiro atoms. The molecule has 0 radical (unpaired) electrons. The molecule has 5 heteroatoms. The molecule has 1 aliphatic heterocycles. The maximum Gasteiger partial charge on any atom is 0.323 e. The van der Waals surface area contributed by atoms with Gasteiger partial charge in [-0.3, -0.25) is 9.59 Å². The van der Waals surface area contributed by atoms with Crippen molar-refractivity contribution in [2.24, 2.45) is 17.8 Å². The number of carbonyl (C=O) groups excluding carboxylic acids is 1. The van der Waals surface area contributed by atoms with Crippen molar-refractivity contribution in [3.8, 4) is 0 Å². The molecule has 102 valence electrons. The minimum atomic E-state index is -0.743. The molecule has 2 fully saturated rings. The Hall–Kier alpha value is -1.10. The molecule has 2 aliphatic rings. The second-order valence-corrected chi connectivity index (χ2v) is 6.35. The number of esters is 1. The average Bonchev–Trinajstić information content (AvgIpc) is 2.71. The molecule has 1 saturated heterocycles. The molecule has 2 rings (SSSR count). The number of aliphatic carboxylic acids is 1. The Kier molecular flexibility index (Phi) is 3.36. The second-order valence-electron chi connectivity index (χ2n) is 6.35. The van der Waals surface area contributed by atoms with Gasteiger partial charge < -0.3 is 15.2 Å². The number of fused-ring (bicyclic) bond motifs is 1. The number of ether oxygens (including phenoxy) is 1. The zero-order chi connectivity index (χ0) is 13.5. The van der Waals surface area contributed by atoms with Gasteiger partial charge in [0.2, 0.25) is 0 Å². The highest BCUT2D eigenvalue weighted by Crippen LogP contribution is 2.42. The molecule has 2 N–H and O–H groups in total. The van der Waals surface area contributed by atoms with Gasteiger partial charge in [0.15, 0.2) is 0 Å². The van der Waals surface area contributed by atoms with Crippen molar-refractivity contribution >= 4 is 11.9 Å². The summed E-state index contributed by atoms with van der Waals surface area (Å²) in [5, 5.41) is 12.2. The van der Waals surface area contributed by atoms with E-state index in [1.165, 1.54) is 0 Å². The zero-order valence-corrected chi connectivity index (χ0v) is 11.1. The van der Waals surface area contributed by atoms with Gasteiger partial charge in [-0.15, -0.1) is 0 Å². The third kappa shape index (κ3) is 2.66. The largest absolute Gasteiger partial charge is 0.481 e. The number of carboxylic acids is 1. The lowest BCUT2D eigenvalue weighted by Crippen LogP contribution is -2.41. The summed E-state index contributed by atoms with van der Waals surface area (Å²) in [6.07, 6.45) is 1.25. The van der Waals surface area contributed by atoms with Gasteiger partial charge in [-0.05, 0) is 52.0 Å². The minimum absolute atomic E-state index is 0.112. The second kappa shape index (κ2) is 4.53. The van der Waals surface area contributed by atoms with Gasteiger partial charge in [0.1, 0.15) is 11.6 Å². The molecule has 3 unspecified atom stereocenters. The predicted octanol–water partition coefficient (Wildman–Crippen LogP) is 1.03. The number of rotatable bonds is 2. The Bertz CT molecular complexity index is 360. The summed E-state index contributed by atoms with van der Waals surface area (Å²) >= 11 is 0. The number of hydrogen-bond acceptors (Lipinski definition) is 4. The first-order valence-electron chi connectivity index (χ1n) is 6.47. The van der Waals surface area contributed by atoms with Crippen LogP contribution in [0.4, 0.5) is 0 Å². The van der Waals surface area contributed by atoms with Crippen molar-refractivity contribution in [2.75, 3.05) is 6.54 Å². The van der Waals surface area contributed by atoms with Crippen molar-refractivity contribution in [1.29, 1.82) is 0 Å². The van der Waals surface area contributed by atoms with E-state index in [2.05, 4.69) is 5.32 Å². The first-order chi connectivity index (χ1) is 8.28. The third-order valence-corrected chi connectivity index (χ3v) is 3.79. The van der Waals surface area contributed by atoms with Crippen molar-refractivity contribution in [3.05, 3.63) is 0 Å². The predicted molar refractivity (Wildman–Crippen MR) is 65.0 cm³/mol. The highest BCUT2D eigenvalue weighted by atomic mass is 16.6. The molecule has 1 aliphatic carbocycles. The molecule has 0 amide bonds. The highest BCUT2D eigenvalue weighted by molar-refractivity contribution is 5.78. The van der Waals surface area contributed by atoms with Crippen LogP contribution in [-0.2, 0) is 14.3 Å². The Morgan fingerprint density at radius 2 is 1.94 bits per heavy atom. The summed E-state index contributed by atoms with van der Waals surface area (Å²) in [5.74, 6) is -0.884. The number of carbonyl (C=O) groups is 2. The molecule has 1 saturated carbocycles. The van der Waals surface area contributed by atoms with Crippen molar-refractivity contribution in [2.45, 2.75) is 45.3 Å². The molecule has 0 bridgehead atoms. The molecule has 18 heavy (non-hydrogen) atoms. The molecule has 0 aromatic rings. The quantitative estimate of drug-likeness (QED) is 0.721. The number of nitrogens with one attached hydrogen (secondary N) is 1. The first-order valence-corrected chi connectivity index (χ1v) is 6.47. The smallest absolute Gasteiger partial charge is 0.323 e. The average molecular weight is 255 g/mol. The van der Waals surface area contributed by atoms with Crippen molar-refractivity contribution in [1.82, 2.24) is 5.32 Å². The lowest BCUT2D eigenvalue weighted by atomic mass is 9.94. The lowest BCUT2D eigenvalue weighted by Gasteiger charge is -2.24. The minimum Gasteiger partial charge on any atom is -0.481 e. The summed E-state index contributed by atoms with van der Waals surface area (Å²) in [4.78, 5) is 23.0. The van der Waals surface area contributed by atoms with Gasteiger partial charge >= 0.3 is 11.9 Å². The van der Waals surface area contributed by atoms with Crippen LogP contribution in [0.3, 0.4) is 0 Å². The van der Waals surface area contributed by atoms with Crippen LogP contribution in [0.1, 0.15) is 33.6 Å². The SMILES string of the molecule is CC(C)(C)OC(=O)[C@H]1NCC2CC(C(=O)O)CC21. The van der Waals surface area contributed by atoms with Crippen molar-refractivity contribution in [3.63, 3.8) is 0 Å². The number of carboxylic acid groups (broad SMARTS) is 1. The maximum atomic E-state index is 12.0. The fourth-order valence-corrected chi connectivity index (χ4v) is 3.06. The summed E-state index contributed by atoms with van der Waals surface area (Å²) < 4.78 is 5.38. The van der Waals surface area contributed by atoms with Crippen LogP contribution >= 0.6 is 0 Å². The summed E-state index contributed by atoms with van der Waals surface area (Å²) in [7, 11) is 0. The highest BCUT2D eigenvalue weighted by Gasteiger charge is 2.49. The van der Waals surface area contributed by atoms with Crippen LogP contribution in [0.15, 0.2) is 0 Å². The van der Waals surface area contributed by atoms with Crippen LogP contribution in [0.25, 0.3) is 0 Å². The Morgan fingerprint density at radius 3 is 2.50 bits per heavy atom. The fourth-order valence-electron chi connectivity index (χ4n) is 3.06. The van der Waals surface area contributed by atoms with Gasteiger partial charge in [0.25, 0.3) is 0 Å². The number of hydrogen-bond donors (Lipinski definition) is 2. The van der Waals surface area contributed by atoms with Crippen LogP contribution < -0.4 is 5.32 Å². The molecular formula is C13H21NO4. The molecule has 1 heterocycles. The molecule has 5 nitrogen and oxygen atoms in total. The maximum absolute atomic E-state index is 12.0. The Balaban J connectivity index is 2.00. The summed E-state index contributed by atoms with van der Waals surface area (Å²) in [5.41, 5.74) is -0.498. The van der Waals surface area contributed by atoms with Crippen LogP contribution in [0.2, 0.25) is 0 Å². The summed E-state index contributed by atoms with van der Waals surface area (Å²) in [6.45, 7) is 6.24. The Labute approximate surface area is 107 Å². The fraction of sp³-hybridized carbons (Fsp3) is 0.846. The van der Waals surface area contributed by atoms with E-state index in [-0.39, 0.29) is 23.8 Å². The first kappa shape index (κ1) is 13.3. The third-order valence-electron chi connectivity index (χ3n) is 3.79. The van der Waals surface area contributed by atoms with E-state index in [9.17, 15) is 9.59 Å². The molecule has 4 atom stereocenters. The van der Waals surface area contributed by atoms with E-state index < -0.39 is 11.6 Å². The summed E-state index contributed by atoms with van der Waals surface area (Å²) in [6, 6.07) is -0.335. The Morgan fingerprint density at radius 1 is 1.28 bits per heavy atom. The van der Waals surface area contributed by atoms with E-state index in [1.54, 1.807) is 0 Å². The zero-order valence-electron chi connectivity index (χ0n) is 11.1. The van der Waals surface area contributed by atoms with E-state index >= 15 is 0 Å². The monoisotopic (exact) mass is 255 g/mol. The molecule has 0 aromatic carbocycles. The van der Waals surface area contributed by atoms with E-state index in [4.69, 9.17) is 9.84 Å². The van der Waals surface area contributed by atoms with Crippen molar-refractivity contribution < 1.29 is 19.4 Å². The van der Waals surface area contributed by atoms with Crippen LogP contribution in [0, 0.1) is 17.8 Å². The van der Waals surface area contributed by atoms with Gasteiger partial charge in [-0.2, -0.15) is 0 Å². The van der Waals surface area contributed by atoms with E-state index in [0.717, 1.165) is 6.54 Å².